The minimum atomic E-state index is -0.521. The molecule has 0 spiro atoms. The summed E-state index contributed by atoms with van der Waals surface area (Å²) in [5.74, 6) is -0.773. The molecule has 5 heteroatoms. The van der Waals surface area contributed by atoms with Crippen LogP contribution in [0.3, 0.4) is 0 Å². The van der Waals surface area contributed by atoms with Crippen LogP contribution in [0.2, 0.25) is 0 Å². The molecule has 3 aromatic rings. The smallest absolute Gasteiger partial charge is 0.273 e. The van der Waals surface area contributed by atoms with Gasteiger partial charge in [-0.15, -0.1) is 0 Å². The molecule has 180 valence electrons. The van der Waals surface area contributed by atoms with E-state index in [1.165, 1.54) is 43.5 Å². The van der Waals surface area contributed by atoms with Gasteiger partial charge in [-0.2, -0.15) is 0 Å². The zero-order valence-electron chi connectivity index (χ0n) is 20.1. The van der Waals surface area contributed by atoms with Crippen molar-refractivity contribution < 1.29 is 14.7 Å². The third-order valence-electron chi connectivity index (χ3n) is 6.12. The van der Waals surface area contributed by atoms with Crippen molar-refractivity contribution in [3.05, 3.63) is 72.3 Å². The number of nitrogens with zero attached hydrogens (tertiary/aromatic N) is 1. The third kappa shape index (κ3) is 7.08. The van der Waals surface area contributed by atoms with Crippen LogP contribution in [0.4, 0.5) is 5.69 Å². The molecule has 34 heavy (non-hydrogen) atoms. The molecule has 0 saturated heterocycles. The van der Waals surface area contributed by atoms with Gasteiger partial charge in [0.05, 0.1) is 11.3 Å². The first kappa shape index (κ1) is 25.3. The average Bonchev–Trinajstić information content (AvgIpc) is 2.87. The van der Waals surface area contributed by atoms with Crippen molar-refractivity contribution in [1.82, 2.24) is 5.43 Å². The number of phenols is 1. The van der Waals surface area contributed by atoms with Gasteiger partial charge >= 0.3 is 0 Å². The Morgan fingerprint density at radius 2 is 1.38 bits per heavy atom. The summed E-state index contributed by atoms with van der Waals surface area (Å²) < 4.78 is 0. The molecule has 0 heterocycles. The fourth-order valence-corrected chi connectivity index (χ4v) is 4.15. The topological polar surface area (TPSA) is 69.6 Å². The summed E-state index contributed by atoms with van der Waals surface area (Å²) in [5.41, 5.74) is 3.45. The quantitative estimate of drug-likeness (QED) is 0.223. The first-order valence-corrected chi connectivity index (χ1v) is 12.5. The maximum Gasteiger partial charge on any atom is 0.273 e. The highest BCUT2D eigenvalue weighted by atomic mass is 16.3. The van der Waals surface area contributed by atoms with Crippen molar-refractivity contribution in [1.29, 1.82) is 0 Å². The molecular weight excluding hydrogens is 424 g/mol. The second-order valence-corrected chi connectivity index (χ2v) is 8.77. The lowest BCUT2D eigenvalue weighted by molar-refractivity contribution is -0.119. The molecule has 0 radical (unpaired) electrons. The zero-order valence-corrected chi connectivity index (χ0v) is 20.1. The fraction of sp³-hybridized carbons (Fsp3) is 0.379. The van der Waals surface area contributed by atoms with Crippen LogP contribution in [0.1, 0.15) is 81.5 Å². The maximum atomic E-state index is 13.1. The molecule has 3 rings (SSSR count). The summed E-state index contributed by atoms with van der Waals surface area (Å²) in [6.45, 7) is 2.22. The number of hydrogen-bond acceptors (Lipinski definition) is 3. The van der Waals surface area contributed by atoms with E-state index < -0.39 is 5.91 Å². The highest BCUT2D eigenvalue weighted by molar-refractivity contribution is 6.06. The van der Waals surface area contributed by atoms with Crippen LogP contribution in [0.15, 0.2) is 66.7 Å². The van der Waals surface area contributed by atoms with Gasteiger partial charge in [0.25, 0.3) is 5.91 Å². The zero-order chi connectivity index (χ0) is 24.2. The van der Waals surface area contributed by atoms with E-state index in [1.807, 2.05) is 36.4 Å². The standard InChI is InChI=1S/C29H36N2O3/c1-2-3-4-5-6-7-8-9-13-20-27(32)31(24-17-11-10-12-18-24)30-29(34)26-22-21-23-16-14-15-19-25(23)28(26)33/h10-12,14-19,21-22,33H,2-9,13,20H2,1H3,(H,30,34). The number of carbonyl (C=O) groups excluding carboxylic acids is 2. The number of hydrazine groups is 1. The summed E-state index contributed by atoms with van der Waals surface area (Å²) in [6, 6.07) is 19.8. The Morgan fingerprint density at radius 3 is 2.09 bits per heavy atom. The number of hydrogen-bond donors (Lipinski definition) is 2. The first-order chi connectivity index (χ1) is 16.6. The minimum Gasteiger partial charge on any atom is -0.506 e. The van der Waals surface area contributed by atoms with Gasteiger partial charge in [-0.1, -0.05) is 107 Å². The second-order valence-electron chi connectivity index (χ2n) is 8.77. The summed E-state index contributed by atoms with van der Waals surface area (Å²) in [7, 11) is 0. The van der Waals surface area contributed by atoms with E-state index in [9.17, 15) is 14.7 Å². The lowest BCUT2D eigenvalue weighted by Gasteiger charge is -2.24. The van der Waals surface area contributed by atoms with Crippen molar-refractivity contribution in [3.8, 4) is 5.75 Å². The van der Waals surface area contributed by atoms with Gasteiger partial charge in [-0.25, -0.2) is 5.01 Å². The molecule has 0 bridgehead atoms. The van der Waals surface area contributed by atoms with E-state index in [-0.39, 0.29) is 17.2 Å². The number of benzene rings is 3. The number of nitrogens with one attached hydrogen (secondary N) is 1. The highest BCUT2D eigenvalue weighted by Gasteiger charge is 2.21. The number of rotatable bonds is 12. The molecule has 0 aliphatic heterocycles. The third-order valence-corrected chi connectivity index (χ3v) is 6.12. The molecule has 0 unspecified atom stereocenters. The molecule has 2 amide bonds. The van der Waals surface area contributed by atoms with Crippen molar-refractivity contribution in [2.75, 3.05) is 5.01 Å². The van der Waals surface area contributed by atoms with E-state index in [0.717, 1.165) is 24.6 Å². The summed E-state index contributed by atoms with van der Waals surface area (Å²) >= 11 is 0. The van der Waals surface area contributed by atoms with Gasteiger partial charge in [0, 0.05) is 11.8 Å². The number of para-hydroxylation sites is 1. The fourth-order valence-electron chi connectivity index (χ4n) is 4.15. The number of unbranched alkanes of at least 4 members (excludes halogenated alkanes) is 8. The largest absolute Gasteiger partial charge is 0.506 e. The molecular formula is C29H36N2O3. The van der Waals surface area contributed by atoms with Crippen molar-refractivity contribution in [2.24, 2.45) is 0 Å². The van der Waals surface area contributed by atoms with E-state index in [2.05, 4.69) is 12.3 Å². The van der Waals surface area contributed by atoms with Crippen LogP contribution in [0.5, 0.6) is 5.75 Å². The highest BCUT2D eigenvalue weighted by Crippen LogP contribution is 2.28. The summed E-state index contributed by atoms with van der Waals surface area (Å²) in [5, 5.41) is 13.4. The lowest BCUT2D eigenvalue weighted by atomic mass is 10.0. The van der Waals surface area contributed by atoms with Gasteiger partial charge < -0.3 is 5.11 Å². The summed E-state index contributed by atoms with van der Waals surface area (Å²) in [4.78, 5) is 26.1. The van der Waals surface area contributed by atoms with Crippen LogP contribution < -0.4 is 10.4 Å². The van der Waals surface area contributed by atoms with Crippen molar-refractivity contribution in [2.45, 2.75) is 71.1 Å². The van der Waals surface area contributed by atoms with Gasteiger partial charge in [-0.3, -0.25) is 15.0 Å². The average molecular weight is 461 g/mol. The van der Waals surface area contributed by atoms with Gasteiger partial charge in [-0.05, 0) is 30.0 Å². The van der Waals surface area contributed by atoms with Crippen LogP contribution in [-0.4, -0.2) is 16.9 Å². The van der Waals surface area contributed by atoms with Crippen molar-refractivity contribution >= 4 is 28.3 Å². The number of amides is 2. The normalized spacial score (nSPS) is 10.9. The molecule has 2 N–H and O–H groups in total. The second kappa shape index (κ2) is 13.4. The Hall–Kier alpha value is -3.34. The summed E-state index contributed by atoms with van der Waals surface area (Å²) in [6.07, 6.45) is 10.9. The molecule has 5 nitrogen and oxygen atoms in total. The van der Waals surface area contributed by atoms with Gasteiger partial charge in [0.15, 0.2) is 0 Å². The molecule has 3 aromatic carbocycles. The van der Waals surface area contributed by atoms with Gasteiger partial charge in [0.1, 0.15) is 5.75 Å². The molecule has 0 atom stereocenters. The van der Waals surface area contributed by atoms with Crippen molar-refractivity contribution in [3.63, 3.8) is 0 Å². The van der Waals surface area contributed by atoms with Crippen LogP contribution in [0.25, 0.3) is 10.8 Å². The molecule has 0 saturated carbocycles. The first-order valence-electron chi connectivity index (χ1n) is 12.5. The molecule has 0 fully saturated rings. The SMILES string of the molecule is CCCCCCCCCCCC(=O)N(NC(=O)c1ccc2ccccc2c1O)c1ccccc1. The molecule has 0 aliphatic rings. The Kier molecular flexibility index (Phi) is 9.96. The minimum absolute atomic E-state index is 0.0880. The Balaban J connectivity index is 1.60. The maximum absolute atomic E-state index is 13.1. The Morgan fingerprint density at radius 1 is 0.765 bits per heavy atom. The van der Waals surface area contributed by atoms with E-state index in [1.54, 1.807) is 30.3 Å². The Labute approximate surface area is 202 Å². The monoisotopic (exact) mass is 460 g/mol. The van der Waals surface area contributed by atoms with Crippen LogP contribution in [0, 0.1) is 0 Å². The Bertz CT molecular complexity index is 1070. The number of carbonyl (C=O) groups is 2. The van der Waals surface area contributed by atoms with E-state index >= 15 is 0 Å². The number of fused-ring (bicyclic) bond motifs is 1. The van der Waals surface area contributed by atoms with E-state index in [4.69, 9.17) is 0 Å². The van der Waals surface area contributed by atoms with Gasteiger partial charge in [0.2, 0.25) is 5.91 Å². The lowest BCUT2D eigenvalue weighted by Crippen LogP contribution is -2.46. The van der Waals surface area contributed by atoms with Crippen LogP contribution in [-0.2, 0) is 4.79 Å². The molecule has 0 aromatic heterocycles. The number of anilines is 1. The van der Waals surface area contributed by atoms with Crippen LogP contribution >= 0.6 is 0 Å². The predicted octanol–water partition coefficient (Wildman–Crippen LogP) is 7.14. The number of aromatic hydroxyl groups is 1. The molecule has 0 aliphatic carbocycles. The number of phenolic OH excluding ortho intramolecular Hbond substituents is 1. The predicted molar refractivity (Wildman–Crippen MR) is 139 cm³/mol. The van der Waals surface area contributed by atoms with E-state index in [0.29, 0.717) is 17.5 Å².